The Morgan fingerprint density at radius 3 is 2.50 bits per heavy atom. The van der Waals surface area contributed by atoms with Gasteiger partial charge in [0.25, 0.3) is 5.91 Å². The van der Waals surface area contributed by atoms with E-state index in [9.17, 15) is 4.79 Å². The van der Waals surface area contributed by atoms with Gasteiger partial charge in [0.1, 0.15) is 5.69 Å². The molecule has 138 valence electrons. The largest absolute Gasteiger partial charge is 0.383 e. The van der Waals surface area contributed by atoms with E-state index in [1.165, 1.54) is 12.8 Å². The zero-order valence-corrected chi connectivity index (χ0v) is 16.2. The van der Waals surface area contributed by atoms with Crippen molar-refractivity contribution in [3.63, 3.8) is 0 Å². The molecule has 1 N–H and O–H groups in total. The van der Waals surface area contributed by atoms with Crippen molar-refractivity contribution >= 4 is 34.8 Å². The molecule has 0 unspecified atom stereocenters. The number of anilines is 1. The molecule has 0 atom stereocenters. The van der Waals surface area contributed by atoms with Gasteiger partial charge in [-0.15, -0.1) is 0 Å². The summed E-state index contributed by atoms with van der Waals surface area (Å²) in [4.78, 5) is 18.8. The second kappa shape index (κ2) is 9.24. The highest BCUT2D eigenvalue weighted by Gasteiger charge is 2.18. The van der Waals surface area contributed by atoms with Gasteiger partial charge in [0, 0.05) is 29.7 Å². The molecule has 26 heavy (non-hydrogen) atoms. The normalized spacial score (nSPS) is 14.8. The Morgan fingerprint density at radius 2 is 1.85 bits per heavy atom. The van der Waals surface area contributed by atoms with Crippen LogP contribution in [0.15, 0.2) is 36.5 Å². The molecule has 0 saturated carbocycles. The van der Waals surface area contributed by atoms with Crippen LogP contribution in [0.1, 0.15) is 41.7 Å². The van der Waals surface area contributed by atoms with Crippen LogP contribution in [0, 0.1) is 0 Å². The molecule has 4 nitrogen and oxygen atoms in total. The van der Waals surface area contributed by atoms with Crippen LogP contribution in [0.2, 0.25) is 10.0 Å². The van der Waals surface area contributed by atoms with E-state index in [0.29, 0.717) is 15.7 Å². The number of amides is 1. The molecule has 1 fully saturated rings. The van der Waals surface area contributed by atoms with Crippen molar-refractivity contribution in [1.29, 1.82) is 0 Å². The molecule has 1 aliphatic heterocycles. The third-order valence-corrected chi connectivity index (χ3v) is 5.20. The van der Waals surface area contributed by atoms with Gasteiger partial charge in [-0.2, -0.15) is 0 Å². The highest BCUT2D eigenvalue weighted by atomic mass is 35.5. The lowest BCUT2D eigenvalue weighted by Crippen LogP contribution is -2.32. The minimum Gasteiger partial charge on any atom is -0.383 e. The Labute approximate surface area is 164 Å². The average molecular weight is 392 g/mol. The maximum Gasteiger partial charge on any atom is 0.272 e. The van der Waals surface area contributed by atoms with E-state index >= 15 is 0 Å². The number of nitrogens with one attached hydrogen (secondary N) is 1. The van der Waals surface area contributed by atoms with Crippen LogP contribution in [0.5, 0.6) is 0 Å². The molecule has 3 rings (SSSR count). The molecule has 1 aliphatic rings. The molecule has 0 spiro atoms. The van der Waals surface area contributed by atoms with Gasteiger partial charge in [-0.05, 0) is 49.1 Å². The molecule has 1 saturated heterocycles. The summed E-state index contributed by atoms with van der Waals surface area (Å²) >= 11 is 12.1. The fourth-order valence-electron chi connectivity index (χ4n) is 3.13. The third kappa shape index (κ3) is 5.12. The first-order valence-corrected chi connectivity index (χ1v) is 9.82. The molecule has 1 aromatic heterocycles. The van der Waals surface area contributed by atoms with E-state index in [-0.39, 0.29) is 5.91 Å². The van der Waals surface area contributed by atoms with E-state index in [1.807, 2.05) is 23.1 Å². The Morgan fingerprint density at radius 1 is 1.08 bits per heavy atom. The van der Waals surface area contributed by atoms with E-state index in [2.05, 4.69) is 10.3 Å². The van der Waals surface area contributed by atoms with Crippen molar-refractivity contribution in [2.24, 2.45) is 0 Å². The first-order chi connectivity index (χ1) is 12.6. The fourth-order valence-corrected chi connectivity index (χ4v) is 3.63. The van der Waals surface area contributed by atoms with Crippen LogP contribution in [0.25, 0.3) is 0 Å². The Balaban J connectivity index is 1.53. The first kappa shape index (κ1) is 19.0. The zero-order valence-electron chi connectivity index (χ0n) is 14.7. The van der Waals surface area contributed by atoms with E-state index < -0.39 is 0 Å². The van der Waals surface area contributed by atoms with Crippen LogP contribution < -0.4 is 5.32 Å². The SMILES string of the molecule is O=C(c1ccc(NCCc2ccc(Cl)cc2Cl)cn1)N1CCCCCC1. The standard InChI is InChI=1S/C20H23Cl2N3O/c21-16-6-5-15(18(22)13-16)9-10-23-17-7-8-19(24-14-17)20(26)25-11-3-1-2-4-12-25/h5-8,13-14,23H,1-4,9-12H2. The van der Waals surface area contributed by atoms with Crippen LogP contribution in [-0.4, -0.2) is 35.4 Å². The molecule has 0 aliphatic carbocycles. The van der Waals surface area contributed by atoms with Crippen molar-refractivity contribution < 1.29 is 4.79 Å². The first-order valence-electron chi connectivity index (χ1n) is 9.06. The number of halogens is 2. The van der Waals surface area contributed by atoms with E-state index in [4.69, 9.17) is 23.2 Å². The molecule has 2 aromatic rings. The van der Waals surface area contributed by atoms with Crippen molar-refractivity contribution in [3.05, 3.63) is 57.8 Å². The lowest BCUT2D eigenvalue weighted by Gasteiger charge is -2.19. The predicted octanol–water partition coefficient (Wildman–Crippen LogP) is 5.06. The number of aromatic nitrogens is 1. The van der Waals surface area contributed by atoms with Gasteiger partial charge in [-0.25, -0.2) is 4.98 Å². The average Bonchev–Trinajstić information content (AvgIpc) is 2.93. The van der Waals surface area contributed by atoms with Gasteiger partial charge in [0.2, 0.25) is 0 Å². The van der Waals surface area contributed by atoms with Gasteiger partial charge < -0.3 is 10.2 Å². The monoisotopic (exact) mass is 391 g/mol. The van der Waals surface area contributed by atoms with Gasteiger partial charge in [-0.1, -0.05) is 42.1 Å². The maximum atomic E-state index is 12.5. The Hall–Kier alpha value is -1.78. The number of nitrogens with zero attached hydrogens (tertiary/aromatic N) is 2. The molecular weight excluding hydrogens is 369 g/mol. The van der Waals surface area contributed by atoms with Crippen molar-refractivity contribution in [2.45, 2.75) is 32.1 Å². The quantitative estimate of drug-likeness (QED) is 0.774. The van der Waals surface area contributed by atoms with Crippen molar-refractivity contribution in [1.82, 2.24) is 9.88 Å². The summed E-state index contributed by atoms with van der Waals surface area (Å²) in [5.74, 6) is 0.0337. The number of benzene rings is 1. The minimum atomic E-state index is 0.0337. The smallest absolute Gasteiger partial charge is 0.272 e. The number of likely N-dealkylation sites (tertiary alicyclic amines) is 1. The Kier molecular flexibility index (Phi) is 6.75. The summed E-state index contributed by atoms with van der Waals surface area (Å²) in [5.41, 5.74) is 2.45. The van der Waals surface area contributed by atoms with Gasteiger partial charge in [-0.3, -0.25) is 4.79 Å². The summed E-state index contributed by atoms with van der Waals surface area (Å²) in [5, 5.41) is 4.63. The summed E-state index contributed by atoms with van der Waals surface area (Å²) in [7, 11) is 0. The van der Waals surface area contributed by atoms with Gasteiger partial charge in [0.15, 0.2) is 0 Å². The van der Waals surface area contributed by atoms with Crippen LogP contribution in [-0.2, 0) is 6.42 Å². The van der Waals surface area contributed by atoms with Gasteiger partial charge in [0.05, 0.1) is 11.9 Å². The molecule has 2 heterocycles. The topological polar surface area (TPSA) is 45.2 Å². The van der Waals surface area contributed by atoms with E-state index in [0.717, 1.165) is 50.1 Å². The number of pyridine rings is 1. The second-order valence-electron chi connectivity index (χ2n) is 6.55. The molecule has 1 amide bonds. The van der Waals surface area contributed by atoms with Crippen LogP contribution in [0.3, 0.4) is 0 Å². The molecule has 6 heteroatoms. The summed E-state index contributed by atoms with van der Waals surface area (Å²) in [6, 6.07) is 9.23. The Bertz CT molecular complexity index is 741. The summed E-state index contributed by atoms with van der Waals surface area (Å²) in [6.07, 6.45) is 7.08. The molecule has 1 aromatic carbocycles. The molecule has 0 radical (unpaired) electrons. The molecular formula is C20H23Cl2N3O. The van der Waals surface area contributed by atoms with Crippen LogP contribution in [0.4, 0.5) is 5.69 Å². The maximum absolute atomic E-state index is 12.5. The van der Waals surface area contributed by atoms with Crippen LogP contribution >= 0.6 is 23.2 Å². The molecule has 0 bridgehead atoms. The minimum absolute atomic E-state index is 0.0337. The lowest BCUT2D eigenvalue weighted by molar-refractivity contribution is 0.0756. The highest BCUT2D eigenvalue weighted by Crippen LogP contribution is 2.21. The van der Waals surface area contributed by atoms with E-state index in [1.54, 1.807) is 18.3 Å². The number of hydrogen-bond acceptors (Lipinski definition) is 3. The van der Waals surface area contributed by atoms with Crippen molar-refractivity contribution in [3.8, 4) is 0 Å². The second-order valence-corrected chi connectivity index (χ2v) is 7.39. The fraction of sp³-hybridized carbons (Fsp3) is 0.400. The number of hydrogen-bond donors (Lipinski definition) is 1. The number of rotatable bonds is 5. The number of carbonyl (C=O) groups excluding carboxylic acids is 1. The third-order valence-electron chi connectivity index (χ3n) is 4.61. The summed E-state index contributed by atoms with van der Waals surface area (Å²) < 4.78 is 0. The predicted molar refractivity (Wildman–Crippen MR) is 107 cm³/mol. The zero-order chi connectivity index (χ0) is 18.4. The van der Waals surface area contributed by atoms with Gasteiger partial charge >= 0.3 is 0 Å². The highest BCUT2D eigenvalue weighted by molar-refractivity contribution is 6.35. The lowest BCUT2D eigenvalue weighted by atomic mass is 10.1. The number of carbonyl (C=O) groups is 1. The van der Waals surface area contributed by atoms with Crippen molar-refractivity contribution in [2.75, 3.05) is 25.0 Å². The summed E-state index contributed by atoms with van der Waals surface area (Å²) in [6.45, 7) is 2.40.